The molecule has 1 saturated heterocycles. The average molecular weight is 858 g/mol. The summed E-state index contributed by atoms with van der Waals surface area (Å²) in [4.78, 5) is 113. The molecule has 2 aromatic rings. The van der Waals surface area contributed by atoms with Crippen LogP contribution in [-0.4, -0.2) is 124 Å². The van der Waals surface area contributed by atoms with Gasteiger partial charge in [-0.05, 0) is 37.5 Å². The van der Waals surface area contributed by atoms with Crippen LogP contribution in [0.5, 0.6) is 0 Å². The highest BCUT2D eigenvalue weighted by Gasteiger charge is 2.92. The summed E-state index contributed by atoms with van der Waals surface area (Å²) >= 11 is 0. The third kappa shape index (κ3) is 7.28. The van der Waals surface area contributed by atoms with Gasteiger partial charge in [-0.2, -0.15) is 0 Å². The van der Waals surface area contributed by atoms with Gasteiger partial charge in [0.2, 0.25) is 0 Å². The molecule has 1 spiro atoms. The maximum absolute atomic E-state index is 14.5. The molecule has 2 saturated carbocycles. The second kappa shape index (κ2) is 16.2. The number of carbonyl (C=O) groups is 8. The Morgan fingerprint density at radius 1 is 0.803 bits per heavy atom. The molecule has 2 aromatic heterocycles. The zero-order chi connectivity index (χ0) is 45.0. The molecule has 6 rings (SSSR count). The summed E-state index contributed by atoms with van der Waals surface area (Å²) in [5.74, 6) is -11.9. The third-order valence-corrected chi connectivity index (χ3v) is 12.2. The number of hydrogen-bond acceptors (Lipinski definition) is 20. The van der Waals surface area contributed by atoms with Gasteiger partial charge in [0.1, 0.15) is 48.3 Å². The fraction of sp³-hybridized carbons (Fsp3) is 0.585. The van der Waals surface area contributed by atoms with E-state index in [1.165, 1.54) is 38.4 Å². The predicted octanol–water partition coefficient (Wildman–Crippen LogP) is 1.92. The number of cyclic esters (lactones) is 1. The van der Waals surface area contributed by atoms with Gasteiger partial charge in [0.25, 0.3) is 0 Å². The number of ether oxygens (including phenoxy) is 9. The van der Waals surface area contributed by atoms with Crippen molar-refractivity contribution < 1.29 is 90.5 Å². The molecule has 2 aliphatic carbocycles. The maximum Gasteiger partial charge on any atom is 0.341 e. The summed E-state index contributed by atoms with van der Waals surface area (Å²) < 4.78 is 60.1. The van der Waals surface area contributed by atoms with Crippen LogP contribution in [0.1, 0.15) is 94.5 Å². The summed E-state index contributed by atoms with van der Waals surface area (Å²) in [6.07, 6.45) is -7.40. The minimum absolute atomic E-state index is 0.0549. The number of aromatic nitrogens is 1. The number of carbonyl (C=O) groups excluding carboxylic acids is 8. The fourth-order valence-corrected chi connectivity index (χ4v) is 9.73. The first-order valence-electron chi connectivity index (χ1n) is 19.3. The van der Waals surface area contributed by atoms with Crippen LogP contribution in [0, 0.1) is 17.3 Å². The number of nitrogens with zero attached hydrogens (tertiary/aromatic N) is 1. The Morgan fingerprint density at radius 3 is 1.95 bits per heavy atom. The Kier molecular flexibility index (Phi) is 11.8. The Hall–Kier alpha value is -5.89. The first-order chi connectivity index (χ1) is 28.5. The number of esters is 8. The zero-order valence-corrected chi connectivity index (χ0v) is 34.8. The molecule has 0 radical (unpaired) electrons. The van der Waals surface area contributed by atoms with E-state index in [1.54, 1.807) is 6.92 Å². The molecule has 0 amide bonds. The van der Waals surface area contributed by atoms with E-state index in [0.29, 0.717) is 5.56 Å². The van der Waals surface area contributed by atoms with E-state index in [4.69, 9.17) is 47.0 Å². The number of fused-ring (bicyclic) bond motifs is 5. The summed E-state index contributed by atoms with van der Waals surface area (Å²) in [6, 6.07) is 2.74. The minimum Gasteiger partial charge on any atom is -0.472 e. The van der Waals surface area contributed by atoms with E-state index in [9.17, 15) is 43.5 Å². The SMILES string of the molecule is CC(=O)O[C@@H]1[C@@H]2[C@@H](OC(C)=O)[C@@]34O[C@@]2(C)COC(=O)c2cnccc2C(C)C(C)C(=O)O[C@@H]([C@H](OC(C)=O)[C@H](OC(C)=O)[C@@]3(COC(=O)c2ccoc2)[C@@H]1OC(C)=O)[C@]4(C)O. The Labute approximate surface area is 348 Å². The highest BCUT2D eigenvalue weighted by Crippen LogP contribution is 2.70. The molecule has 2 unspecified atom stereocenters. The molecule has 3 fully saturated rings. The smallest absolute Gasteiger partial charge is 0.341 e. The lowest BCUT2D eigenvalue weighted by atomic mass is 9.45. The molecular formula is C41H47NO19. The van der Waals surface area contributed by atoms with Crippen LogP contribution in [0.2, 0.25) is 0 Å². The van der Waals surface area contributed by atoms with E-state index in [1.807, 2.05) is 0 Å². The van der Waals surface area contributed by atoms with Gasteiger partial charge in [-0.3, -0.25) is 33.8 Å². The Bertz CT molecular complexity index is 2120. The van der Waals surface area contributed by atoms with Crippen molar-refractivity contribution in [1.82, 2.24) is 4.98 Å². The molecule has 1 N–H and O–H groups in total. The van der Waals surface area contributed by atoms with Crippen LogP contribution >= 0.6 is 0 Å². The van der Waals surface area contributed by atoms with Crippen molar-refractivity contribution in [3.63, 3.8) is 0 Å². The largest absolute Gasteiger partial charge is 0.472 e. The first-order valence-corrected chi connectivity index (χ1v) is 19.3. The summed E-state index contributed by atoms with van der Waals surface area (Å²) in [6.45, 7) is 8.55. The van der Waals surface area contributed by atoms with Crippen molar-refractivity contribution in [2.24, 2.45) is 17.3 Å². The average Bonchev–Trinajstić information content (AvgIpc) is 3.79. The van der Waals surface area contributed by atoms with Crippen molar-refractivity contribution in [2.75, 3.05) is 13.2 Å². The first kappa shape index (κ1) is 44.7. The quantitative estimate of drug-likeness (QED) is 0.293. The highest BCUT2D eigenvalue weighted by atomic mass is 16.7. The second-order valence-corrected chi connectivity index (χ2v) is 16.2. The van der Waals surface area contributed by atoms with Gasteiger partial charge in [-0.1, -0.05) is 13.8 Å². The minimum atomic E-state index is -2.86. The van der Waals surface area contributed by atoms with E-state index in [0.717, 1.165) is 54.1 Å². The lowest BCUT2D eigenvalue weighted by Gasteiger charge is -2.67. The van der Waals surface area contributed by atoms with E-state index >= 15 is 0 Å². The molecule has 4 bridgehead atoms. The summed E-state index contributed by atoms with van der Waals surface area (Å²) in [5.41, 5.74) is -10.3. The van der Waals surface area contributed by atoms with E-state index < -0.39 is 138 Å². The molecule has 20 heteroatoms. The predicted molar refractivity (Wildman–Crippen MR) is 198 cm³/mol. The van der Waals surface area contributed by atoms with Gasteiger partial charge in [0.15, 0.2) is 30.0 Å². The lowest BCUT2D eigenvalue weighted by molar-refractivity contribution is -0.386. The number of hydrogen-bond donors (Lipinski definition) is 1. The molecule has 13 atom stereocenters. The monoisotopic (exact) mass is 857 g/mol. The van der Waals surface area contributed by atoms with Crippen LogP contribution in [-0.2, 0) is 71.4 Å². The summed E-state index contributed by atoms with van der Waals surface area (Å²) in [5, 5.41) is 13.6. The number of pyridine rings is 1. The molecule has 330 valence electrons. The van der Waals surface area contributed by atoms with Crippen LogP contribution < -0.4 is 0 Å². The molecule has 61 heavy (non-hydrogen) atoms. The van der Waals surface area contributed by atoms with Gasteiger partial charge in [0, 0.05) is 47.0 Å². The van der Waals surface area contributed by atoms with Crippen molar-refractivity contribution in [1.29, 1.82) is 0 Å². The van der Waals surface area contributed by atoms with Crippen LogP contribution in [0.15, 0.2) is 41.5 Å². The van der Waals surface area contributed by atoms with E-state index in [-0.39, 0.29) is 11.1 Å². The highest BCUT2D eigenvalue weighted by molar-refractivity contribution is 5.91. The van der Waals surface area contributed by atoms with Gasteiger partial charge < -0.3 is 52.2 Å². The van der Waals surface area contributed by atoms with Crippen LogP contribution in [0.4, 0.5) is 0 Å². The maximum atomic E-state index is 14.5. The van der Waals surface area contributed by atoms with Crippen molar-refractivity contribution in [2.45, 2.75) is 122 Å². The van der Waals surface area contributed by atoms with Crippen molar-refractivity contribution in [3.8, 4) is 0 Å². The van der Waals surface area contributed by atoms with Crippen LogP contribution in [0.3, 0.4) is 0 Å². The standard InChI is InChI=1S/C41H47NO19/c1-18-19(2)35(48)60-32-30(56-21(4)44)34(59-24(7)47)40(17-54-36(49)25-11-13-52-15-25)33(58-23(6)46)29(55-20(3)43)28-31(57-22(5)45)41(40,39(32,9)51)61-38(28,8)16-53-37(50)27-14-42-12-10-26(18)27/h10-15,18-19,28-34,51H,16-17H2,1-9H3/t18?,19?,28-,29-,30+,31-,32+,33-,34+,38+,39+,40-,41+/m1/s1. The molecule has 4 aliphatic rings. The Morgan fingerprint density at radius 2 is 1.38 bits per heavy atom. The van der Waals surface area contributed by atoms with Crippen molar-refractivity contribution in [3.05, 3.63) is 53.7 Å². The fourth-order valence-electron chi connectivity index (χ4n) is 9.73. The third-order valence-electron chi connectivity index (χ3n) is 12.2. The topological polar surface area (TPSA) is 266 Å². The van der Waals surface area contributed by atoms with Gasteiger partial charge >= 0.3 is 47.8 Å². The normalized spacial score (nSPS) is 36.5. The van der Waals surface area contributed by atoms with Gasteiger partial charge in [-0.15, -0.1) is 0 Å². The molecular weight excluding hydrogens is 810 g/mol. The zero-order valence-electron chi connectivity index (χ0n) is 34.8. The number of aliphatic hydroxyl groups is 1. The lowest BCUT2D eigenvalue weighted by Crippen LogP contribution is -2.89. The van der Waals surface area contributed by atoms with E-state index in [2.05, 4.69) is 4.98 Å². The molecule has 0 aromatic carbocycles. The molecule has 20 nitrogen and oxygen atoms in total. The van der Waals surface area contributed by atoms with Gasteiger partial charge in [0.05, 0.1) is 29.2 Å². The number of rotatable bonds is 8. The van der Waals surface area contributed by atoms with Crippen LogP contribution in [0.25, 0.3) is 0 Å². The van der Waals surface area contributed by atoms with Crippen molar-refractivity contribution >= 4 is 47.8 Å². The number of furan rings is 1. The summed E-state index contributed by atoms with van der Waals surface area (Å²) in [7, 11) is 0. The molecule has 2 aliphatic heterocycles. The second-order valence-electron chi connectivity index (χ2n) is 16.2. The Balaban J connectivity index is 1.79. The molecule has 4 heterocycles. The van der Waals surface area contributed by atoms with Gasteiger partial charge in [-0.25, -0.2) is 9.59 Å².